The van der Waals surface area contributed by atoms with Gasteiger partial charge in [0.15, 0.2) is 0 Å². The van der Waals surface area contributed by atoms with Gasteiger partial charge in [-0.3, -0.25) is 9.48 Å². The molecule has 2 rings (SSSR count). The fourth-order valence-electron chi connectivity index (χ4n) is 2.26. The molecule has 1 saturated carbocycles. The highest BCUT2D eigenvalue weighted by Crippen LogP contribution is 2.28. The van der Waals surface area contributed by atoms with E-state index in [1.54, 1.807) is 7.05 Å². The lowest BCUT2D eigenvalue weighted by Gasteiger charge is -2.08. The molecule has 2 N–H and O–H groups in total. The van der Waals surface area contributed by atoms with Crippen molar-refractivity contribution >= 4 is 5.91 Å². The third-order valence-corrected chi connectivity index (χ3v) is 3.17. The van der Waals surface area contributed by atoms with Crippen molar-refractivity contribution in [2.24, 2.45) is 0 Å². The van der Waals surface area contributed by atoms with Crippen molar-refractivity contribution in [2.45, 2.75) is 38.3 Å². The summed E-state index contributed by atoms with van der Waals surface area (Å²) in [5.41, 5.74) is 0.932. The van der Waals surface area contributed by atoms with Crippen molar-refractivity contribution in [2.75, 3.05) is 13.6 Å². The Balaban J connectivity index is 1.83. The quantitative estimate of drug-likeness (QED) is 0.796. The molecule has 1 heterocycles. The summed E-state index contributed by atoms with van der Waals surface area (Å²) in [7, 11) is 1.76. The number of rotatable bonds is 5. The number of amides is 1. The predicted octanol–water partition coefficient (Wildman–Crippen LogP) is 0.834. The van der Waals surface area contributed by atoms with Crippen molar-refractivity contribution in [3.05, 3.63) is 18.0 Å². The number of likely N-dealkylation sites (N-methyl/N-ethyl adjacent to an activating group) is 1. The maximum atomic E-state index is 11.3. The van der Waals surface area contributed by atoms with Crippen LogP contribution in [0.2, 0.25) is 0 Å². The molecule has 1 aliphatic carbocycles. The van der Waals surface area contributed by atoms with E-state index in [-0.39, 0.29) is 5.91 Å². The van der Waals surface area contributed by atoms with Crippen LogP contribution < -0.4 is 10.6 Å². The Morgan fingerprint density at radius 1 is 1.53 bits per heavy atom. The van der Waals surface area contributed by atoms with Gasteiger partial charge >= 0.3 is 0 Å². The summed E-state index contributed by atoms with van der Waals surface area (Å²) < 4.78 is 2.05. The number of hydrogen-bond donors (Lipinski definition) is 2. The first-order valence-corrected chi connectivity index (χ1v) is 6.25. The van der Waals surface area contributed by atoms with Crippen LogP contribution >= 0.6 is 0 Å². The zero-order valence-corrected chi connectivity index (χ0v) is 10.3. The monoisotopic (exact) mass is 236 g/mol. The summed E-state index contributed by atoms with van der Waals surface area (Å²) in [6, 6.07) is 2.55. The molecule has 0 spiro atoms. The molecular formula is C12H20N4O. The van der Waals surface area contributed by atoms with Crippen LogP contribution in [0.3, 0.4) is 0 Å². The Morgan fingerprint density at radius 3 is 3.00 bits per heavy atom. The van der Waals surface area contributed by atoms with Gasteiger partial charge in [-0.15, -0.1) is 0 Å². The Labute approximate surface area is 102 Å². The van der Waals surface area contributed by atoms with Gasteiger partial charge in [0.05, 0.1) is 24.8 Å². The molecule has 0 unspecified atom stereocenters. The number of nitrogens with zero attached hydrogens (tertiary/aromatic N) is 2. The second-order valence-corrected chi connectivity index (χ2v) is 4.53. The molecule has 1 aliphatic rings. The van der Waals surface area contributed by atoms with E-state index in [0.29, 0.717) is 19.1 Å². The molecule has 0 radical (unpaired) electrons. The second kappa shape index (κ2) is 5.82. The minimum Gasteiger partial charge on any atom is -0.349 e. The molecule has 0 saturated heterocycles. The predicted molar refractivity (Wildman–Crippen MR) is 65.5 cm³/mol. The zero-order valence-electron chi connectivity index (χ0n) is 10.3. The molecule has 0 bridgehead atoms. The van der Waals surface area contributed by atoms with Gasteiger partial charge in [-0.2, -0.15) is 5.10 Å². The molecule has 5 nitrogen and oxygen atoms in total. The van der Waals surface area contributed by atoms with E-state index < -0.39 is 0 Å². The highest BCUT2D eigenvalue weighted by molar-refractivity contribution is 5.77. The highest BCUT2D eigenvalue weighted by Gasteiger charge is 2.17. The lowest BCUT2D eigenvalue weighted by Crippen LogP contribution is -2.31. The van der Waals surface area contributed by atoms with E-state index >= 15 is 0 Å². The van der Waals surface area contributed by atoms with Crippen LogP contribution in [-0.2, 0) is 11.3 Å². The second-order valence-electron chi connectivity index (χ2n) is 4.53. The molecule has 1 amide bonds. The Hall–Kier alpha value is -1.36. The lowest BCUT2D eigenvalue weighted by atomic mass is 10.3. The fourth-order valence-corrected chi connectivity index (χ4v) is 2.26. The molecular weight excluding hydrogens is 216 g/mol. The number of nitrogens with one attached hydrogen (secondary N) is 2. The van der Waals surface area contributed by atoms with Gasteiger partial charge in [-0.1, -0.05) is 12.8 Å². The van der Waals surface area contributed by atoms with Crippen LogP contribution in [0.4, 0.5) is 0 Å². The molecule has 0 aliphatic heterocycles. The van der Waals surface area contributed by atoms with E-state index in [1.807, 2.05) is 16.9 Å². The van der Waals surface area contributed by atoms with Crippen LogP contribution in [0.15, 0.2) is 12.3 Å². The number of hydrogen-bond acceptors (Lipinski definition) is 3. The van der Waals surface area contributed by atoms with Crippen molar-refractivity contribution in [3.8, 4) is 0 Å². The standard InChI is InChI=1S/C12H20N4O/c1-13-9-12(17)14-8-10-6-7-16(15-10)11-4-2-3-5-11/h6-7,11,13H,2-5,8-9H2,1H3,(H,14,17). The molecule has 1 aromatic heterocycles. The Morgan fingerprint density at radius 2 is 2.29 bits per heavy atom. The van der Waals surface area contributed by atoms with E-state index in [0.717, 1.165) is 5.69 Å². The van der Waals surface area contributed by atoms with Gasteiger partial charge < -0.3 is 10.6 Å². The highest BCUT2D eigenvalue weighted by atomic mass is 16.1. The minimum atomic E-state index is 0.00270. The molecule has 0 atom stereocenters. The topological polar surface area (TPSA) is 59.0 Å². The SMILES string of the molecule is CNCC(=O)NCc1ccn(C2CCCC2)n1. The number of carbonyl (C=O) groups is 1. The summed E-state index contributed by atoms with van der Waals surface area (Å²) in [6.07, 6.45) is 7.09. The molecule has 1 fully saturated rings. The van der Waals surface area contributed by atoms with Gasteiger partial charge in [-0.05, 0) is 26.0 Å². The van der Waals surface area contributed by atoms with Crippen LogP contribution in [-0.4, -0.2) is 29.3 Å². The van der Waals surface area contributed by atoms with Crippen molar-refractivity contribution in [3.63, 3.8) is 0 Å². The molecule has 0 aromatic carbocycles. The minimum absolute atomic E-state index is 0.00270. The first-order valence-electron chi connectivity index (χ1n) is 6.25. The van der Waals surface area contributed by atoms with Gasteiger partial charge in [0.1, 0.15) is 0 Å². The van der Waals surface area contributed by atoms with E-state index in [1.165, 1.54) is 25.7 Å². The van der Waals surface area contributed by atoms with E-state index in [2.05, 4.69) is 15.7 Å². The molecule has 5 heteroatoms. The first kappa shape index (κ1) is 12.1. The smallest absolute Gasteiger partial charge is 0.234 e. The first-order chi connectivity index (χ1) is 8.29. The van der Waals surface area contributed by atoms with Gasteiger partial charge in [0.2, 0.25) is 5.91 Å². The molecule has 17 heavy (non-hydrogen) atoms. The Bertz CT molecular complexity index is 368. The van der Waals surface area contributed by atoms with Gasteiger partial charge in [0, 0.05) is 6.20 Å². The fraction of sp³-hybridized carbons (Fsp3) is 0.667. The van der Waals surface area contributed by atoms with Crippen LogP contribution in [0.5, 0.6) is 0 Å². The summed E-state index contributed by atoms with van der Waals surface area (Å²) in [5.74, 6) is 0.00270. The van der Waals surface area contributed by atoms with E-state index in [4.69, 9.17) is 0 Å². The molecule has 94 valence electrons. The third kappa shape index (κ3) is 3.30. The normalized spacial score (nSPS) is 16.3. The average molecular weight is 236 g/mol. The third-order valence-electron chi connectivity index (χ3n) is 3.17. The average Bonchev–Trinajstić information content (AvgIpc) is 2.97. The zero-order chi connectivity index (χ0) is 12.1. The van der Waals surface area contributed by atoms with Crippen molar-refractivity contribution < 1.29 is 4.79 Å². The number of aromatic nitrogens is 2. The maximum absolute atomic E-state index is 11.3. The van der Waals surface area contributed by atoms with Crippen molar-refractivity contribution in [1.29, 1.82) is 0 Å². The van der Waals surface area contributed by atoms with Gasteiger partial charge in [0.25, 0.3) is 0 Å². The summed E-state index contributed by atoms with van der Waals surface area (Å²) >= 11 is 0. The van der Waals surface area contributed by atoms with Crippen LogP contribution in [0.25, 0.3) is 0 Å². The van der Waals surface area contributed by atoms with Crippen molar-refractivity contribution in [1.82, 2.24) is 20.4 Å². The summed E-state index contributed by atoms with van der Waals surface area (Å²) in [4.78, 5) is 11.3. The largest absolute Gasteiger partial charge is 0.349 e. The molecule has 1 aromatic rings. The van der Waals surface area contributed by atoms with Gasteiger partial charge in [-0.25, -0.2) is 0 Å². The lowest BCUT2D eigenvalue weighted by molar-refractivity contribution is -0.120. The van der Waals surface area contributed by atoms with Crippen LogP contribution in [0, 0.1) is 0 Å². The number of carbonyl (C=O) groups excluding carboxylic acids is 1. The van der Waals surface area contributed by atoms with Crippen LogP contribution in [0.1, 0.15) is 37.4 Å². The maximum Gasteiger partial charge on any atom is 0.234 e. The summed E-state index contributed by atoms with van der Waals surface area (Å²) in [6.45, 7) is 0.865. The van der Waals surface area contributed by atoms with E-state index in [9.17, 15) is 4.79 Å². The Kier molecular flexibility index (Phi) is 4.14. The summed E-state index contributed by atoms with van der Waals surface area (Å²) in [5, 5.41) is 10.1.